The maximum atomic E-state index is 11.6. The van der Waals surface area contributed by atoms with Crippen LogP contribution in [0.15, 0.2) is 0 Å². The molecule has 2 N–H and O–H groups in total. The topological polar surface area (TPSA) is 55.8 Å². The van der Waals surface area contributed by atoms with Crippen LogP contribution in [0.1, 0.15) is 47.5 Å². The van der Waals surface area contributed by atoms with Crippen LogP contribution in [0, 0.1) is 0 Å². The standard InChI is InChI=1S/C16H33N3O2/c1-7-8-17-16(5,14(20)21)11-13(2)19-10-9-18(6)15(3,4)12-19/h13,17H,7-12H2,1-6H3,(H,20,21). The summed E-state index contributed by atoms with van der Waals surface area (Å²) in [6.07, 6.45) is 1.57. The van der Waals surface area contributed by atoms with Gasteiger partial charge in [-0.25, -0.2) is 0 Å². The zero-order valence-electron chi connectivity index (χ0n) is 14.6. The maximum absolute atomic E-state index is 11.6. The molecule has 124 valence electrons. The van der Waals surface area contributed by atoms with Crippen molar-refractivity contribution in [1.29, 1.82) is 0 Å². The molecule has 1 aliphatic rings. The van der Waals surface area contributed by atoms with Crippen molar-refractivity contribution in [3.8, 4) is 0 Å². The lowest BCUT2D eigenvalue weighted by Gasteiger charge is -2.48. The van der Waals surface area contributed by atoms with Gasteiger partial charge in [0.25, 0.3) is 0 Å². The minimum Gasteiger partial charge on any atom is -0.480 e. The Morgan fingerprint density at radius 2 is 2.05 bits per heavy atom. The van der Waals surface area contributed by atoms with E-state index < -0.39 is 11.5 Å². The molecule has 5 heteroatoms. The first kappa shape index (κ1) is 18.4. The lowest BCUT2D eigenvalue weighted by atomic mass is 9.90. The van der Waals surface area contributed by atoms with Crippen LogP contribution in [0.5, 0.6) is 0 Å². The number of nitrogens with one attached hydrogen (secondary N) is 1. The fraction of sp³-hybridized carbons (Fsp3) is 0.938. The normalized spacial score (nSPS) is 24.5. The van der Waals surface area contributed by atoms with Gasteiger partial charge in [0, 0.05) is 31.2 Å². The molecule has 0 aromatic rings. The van der Waals surface area contributed by atoms with Crippen LogP contribution < -0.4 is 5.32 Å². The Morgan fingerprint density at radius 1 is 1.43 bits per heavy atom. The average molecular weight is 299 g/mol. The van der Waals surface area contributed by atoms with E-state index in [0.29, 0.717) is 6.42 Å². The lowest BCUT2D eigenvalue weighted by Crippen LogP contribution is -2.61. The summed E-state index contributed by atoms with van der Waals surface area (Å²) < 4.78 is 0. The van der Waals surface area contributed by atoms with Gasteiger partial charge in [-0.15, -0.1) is 0 Å². The van der Waals surface area contributed by atoms with Crippen molar-refractivity contribution in [3.05, 3.63) is 0 Å². The quantitative estimate of drug-likeness (QED) is 0.748. The highest BCUT2D eigenvalue weighted by Gasteiger charge is 2.38. The zero-order chi connectivity index (χ0) is 16.3. The van der Waals surface area contributed by atoms with Crippen LogP contribution in [0.4, 0.5) is 0 Å². The molecule has 0 radical (unpaired) electrons. The Bertz CT molecular complexity index is 359. The first-order chi connectivity index (χ1) is 9.62. The fourth-order valence-corrected chi connectivity index (χ4v) is 3.01. The summed E-state index contributed by atoms with van der Waals surface area (Å²) in [7, 11) is 2.16. The first-order valence-corrected chi connectivity index (χ1v) is 8.06. The van der Waals surface area contributed by atoms with Crippen molar-refractivity contribution >= 4 is 5.97 Å². The highest BCUT2D eigenvalue weighted by molar-refractivity contribution is 5.78. The summed E-state index contributed by atoms with van der Waals surface area (Å²) in [6, 6.07) is 0.253. The van der Waals surface area contributed by atoms with Gasteiger partial charge < -0.3 is 10.4 Å². The molecule has 0 saturated carbocycles. The van der Waals surface area contributed by atoms with Gasteiger partial charge in [-0.1, -0.05) is 6.92 Å². The van der Waals surface area contributed by atoms with E-state index in [-0.39, 0.29) is 11.6 Å². The van der Waals surface area contributed by atoms with Crippen molar-refractivity contribution in [1.82, 2.24) is 15.1 Å². The maximum Gasteiger partial charge on any atom is 0.323 e. The highest BCUT2D eigenvalue weighted by Crippen LogP contribution is 2.24. The first-order valence-electron chi connectivity index (χ1n) is 8.06. The van der Waals surface area contributed by atoms with Gasteiger partial charge in [0.2, 0.25) is 0 Å². The number of nitrogens with zero attached hydrogens (tertiary/aromatic N) is 2. The third kappa shape index (κ3) is 4.66. The number of hydrogen-bond acceptors (Lipinski definition) is 4. The van der Waals surface area contributed by atoms with E-state index in [2.05, 4.69) is 49.9 Å². The molecule has 1 rings (SSSR count). The van der Waals surface area contributed by atoms with Crippen LogP contribution in [-0.2, 0) is 4.79 Å². The number of carbonyl (C=O) groups is 1. The molecule has 1 heterocycles. The lowest BCUT2D eigenvalue weighted by molar-refractivity contribution is -0.145. The van der Waals surface area contributed by atoms with Gasteiger partial charge in [-0.2, -0.15) is 0 Å². The van der Waals surface area contributed by atoms with E-state index in [4.69, 9.17) is 0 Å². The Balaban J connectivity index is 2.69. The molecule has 1 aliphatic heterocycles. The minimum absolute atomic E-state index is 0.142. The Labute approximate surface area is 129 Å². The summed E-state index contributed by atoms with van der Waals surface area (Å²) in [5.41, 5.74) is -0.702. The van der Waals surface area contributed by atoms with Crippen molar-refractivity contribution in [2.45, 2.75) is 64.6 Å². The summed E-state index contributed by atoms with van der Waals surface area (Å²) in [5, 5.41) is 12.8. The molecule has 1 fully saturated rings. The van der Waals surface area contributed by atoms with Crippen molar-refractivity contribution in [3.63, 3.8) is 0 Å². The van der Waals surface area contributed by atoms with E-state index in [1.54, 1.807) is 0 Å². The van der Waals surface area contributed by atoms with Crippen molar-refractivity contribution < 1.29 is 9.90 Å². The molecule has 0 aromatic carbocycles. The molecule has 0 aromatic heterocycles. The number of carboxylic acids is 1. The predicted octanol–water partition coefficient (Wildman–Crippen LogP) is 1.63. The Hall–Kier alpha value is -0.650. The van der Waals surface area contributed by atoms with Gasteiger partial charge in [0.1, 0.15) is 5.54 Å². The molecule has 21 heavy (non-hydrogen) atoms. The Morgan fingerprint density at radius 3 is 2.52 bits per heavy atom. The molecule has 5 nitrogen and oxygen atoms in total. The second kappa shape index (κ2) is 7.07. The molecule has 0 amide bonds. The number of hydrogen-bond donors (Lipinski definition) is 2. The molecule has 0 aliphatic carbocycles. The van der Waals surface area contributed by atoms with E-state index in [1.807, 2.05) is 6.92 Å². The summed E-state index contributed by atoms with van der Waals surface area (Å²) in [4.78, 5) is 16.4. The van der Waals surface area contributed by atoms with Crippen molar-refractivity contribution in [2.24, 2.45) is 0 Å². The number of piperazine rings is 1. The van der Waals surface area contributed by atoms with Crippen LogP contribution in [0.2, 0.25) is 0 Å². The van der Waals surface area contributed by atoms with Crippen LogP contribution in [-0.4, -0.2) is 71.2 Å². The second-order valence-corrected chi connectivity index (χ2v) is 7.32. The molecule has 1 saturated heterocycles. The molecule has 0 bridgehead atoms. The van der Waals surface area contributed by atoms with Gasteiger partial charge in [-0.05, 0) is 54.1 Å². The van der Waals surface area contributed by atoms with E-state index >= 15 is 0 Å². The predicted molar refractivity (Wildman–Crippen MR) is 86.7 cm³/mol. The average Bonchev–Trinajstić information content (AvgIpc) is 2.39. The number of rotatable bonds is 7. The van der Waals surface area contributed by atoms with E-state index in [9.17, 15) is 9.90 Å². The third-order valence-electron chi connectivity index (χ3n) is 4.91. The Kier molecular flexibility index (Phi) is 6.20. The highest BCUT2D eigenvalue weighted by atomic mass is 16.4. The third-order valence-corrected chi connectivity index (χ3v) is 4.91. The molecule has 0 spiro atoms. The molecule has 2 atom stereocenters. The monoisotopic (exact) mass is 299 g/mol. The zero-order valence-corrected chi connectivity index (χ0v) is 14.6. The van der Waals surface area contributed by atoms with Gasteiger partial charge in [0.05, 0.1) is 0 Å². The van der Waals surface area contributed by atoms with Crippen molar-refractivity contribution in [2.75, 3.05) is 33.2 Å². The molecular weight excluding hydrogens is 266 g/mol. The van der Waals surface area contributed by atoms with Crippen LogP contribution in [0.25, 0.3) is 0 Å². The largest absolute Gasteiger partial charge is 0.480 e. The number of carboxylic acid groups (broad SMARTS) is 1. The van der Waals surface area contributed by atoms with Gasteiger partial charge in [0.15, 0.2) is 0 Å². The molecular formula is C16H33N3O2. The summed E-state index contributed by atoms with van der Waals surface area (Å²) >= 11 is 0. The van der Waals surface area contributed by atoms with Crippen LogP contribution in [0.3, 0.4) is 0 Å². The fourth-order valence-electron chi connectivity index (χ4n) is 3.01. The summed E-state index contributed by atoms with van der Waals surface area (Å²) in [6.45, 7) is 14.3. The number of aliphatic carboxylic acids is 1. The van der Waals surface area contributed by atoms with Crippen LogP contribution >= 0.6 is 0 Å². The van der Waals surface area contributed by atoms with E-state index in [1.165, 1.54) is 0 Å². The van der Waals surface area contributed by atoms with Gasteiger partial charge >= 0.3 is 5.97 Å². The summed E-state index contributed by atoms with van der Waals surface area (Å²) in [5.74, 6) is -0.754. The van der Waals surface area contributed by atoms with E-state index in [0.717, 1.165) is 32.6 Å². The van der Waals surface area contributed by atoms with Gasteiger partial charge in [-0.3, -0.25) is 14.6 Å². The molecule has 2 unspecified atom stereocenters. The second-order valence-electron chi connectivity index (χ2n) is 7.32. The number of likely N-dealkylation sites (N-methyl/N-ethyl adjacent to an activating group) is 1. The smallest absolute Gasteiger partial charge is 0.323 e. The SMILES string of the molecule is CCCNC(C)(CC(C)N1CCN(C)C(C)(C)C1)C(=O)O. The minimum atomic E-state index is -0.844.